The first-order chi connectivity index (χ1) is 6.88. The van der Waals surface area contributed by atoms with E-state index in [1.54, 1.807) is 0 Å². The van der Waals surface area contributed by atoms with Crippen molar-refractivity contribution < 1.29 is 4.74 Å². The molecule has 0 amide bonds. The van der Waals surface area contributed by atoms with E-state index in [0.29, 0.717) is 6.10 Å². The lowest BCUT2D eigenvalue weighted by atomic mass is 9.83. The molecule has 1 aliphatic heterocycles. The Balaban J connectivity index is 2.00. The van der Waals surface area contributed by atoms with E-state index in [-0.39, 0.29) is 5.60 Å². The van der Waals surface area contributed by atoms with E-state index in [4.69, 9.17) is 4.74 Å². The van der Waals surface area contributed by atoms with E-state index in [1.807, 2.05) is 0 Å². The van der Waals surface area contributed by atoms with Crippen molar-refractivity contribution in [3.05, 3.63) is 0 Å². The third-order valence-electron chi connectivity index (χ3n) is 3.87. The van der Waals surface area contributed by atoms with Crippen LogP contribution in [0.25, 0.3) is 0 Å². The van der Waals surface area contributed by atoms with E-state index < -0.39 is 8.07 Å². The summed E-state index contributed by atoms with van der Waals surface area (Å²) < 4.78 is 6.36. The van der Waals surface area contributed by atoms with Crippen LogP contribution in [0.2, 0.25) is 25.7 Å². The molecule has 2 heteroatoms. The molecule has 0 aromatic carbocycles. The molecule has 15 heavy (non-hydrogen) atoms. The average molecular weight is 226 g/mol. The van der Waals surface area contributed by atoms with Crippen LogP contribution >= 0.6 is 0 Å². The monoisotopic (exact) mass is 226 g/mol. The van der Waals surface area contributed by atoms with Crippen LogP contribution in [0.15, 0.2) is 0 Å². The minimum atomic E-state index is -0.984. The second-order valence-electron chi connectivity index (χ2n) is 7.09. The van der Waals surface area contributed by atoms with Crippen LogP contribution in [0.5, 0.6) is 0 Å². The highest BCUT2D eigenvalue weighted by molar-refractivity contribution is 6.76. The lowest BCUT2D eigenvalue weighted by molar-refractivity contribution is -0.0308. The predicted molar refractivity (Wildman–Crippen MR) is 68.0 cm³/mol. The SMILES string of the molecule is C[C@@]1(C[Si](C)(C)C)C[C@@H]2CCCC[C@H]2O1. The second kappa shape index (κ2) is 3.88. The zero-order chi connectivity index (χ0) is 11.1. The van der Waals surface area contributed by atoms with Gasteiger partial charge >= 0.3 is 0 Å². The van der Waals surface area contributed by atoms with Gasteiger partial charge in [0.1, 0.15) is 0 Å². The van der Waals surface area contributed by atoms with Crippen molar-refractivity contribution in [3.8, 4) is 0 Å². The molecular formula is C13H26OSi. The zero-order valence-electron chi connectivity index (χ0n) is 10.8. The van der Waals surface area contributed by atoms with Gasteiger partial charge in [-0.25, -0.2) is 0 Å². The smallest absolute Gasteiger partial charge is 0.0638 e. The Labute approximate surface area is 95.6 Å². The maximum Gasteiger partial charge on any atom is 0.0638 e. The lowest BCUT2D eigenvalue weighted by Crippen LogP contribution is -2.35. The molecule has 0 N–H and O–H groups in total. The maximum absolute atomic E-state index is 6.36. The topological polar surface area (TPSA) is 9.23 Å². The number of hydrogen-bond acceptors (Lipinski definition) is 1. The fourth-order valence-electron chi connectivity index (χ4n) is 3.77. The molecule has 2 aliphatic rings. The van der Waals surface area contributed by atoms with Crippen molar-refractivity contribution in [2.45, 2.75) is 76.4 Å². The van der Waals surface area contributed by atoms with Crippen LogP contribution in [0.3, 0.4) is 0 Å². The van der Waals surface area contributed by atoms with E-state index in [0.717, 1.165) is 5.92 Å². The quantitative estimate of drug-likeness (QED) is 0.645. The highest BCUT2D eigenvalue weighted by Gasteiger charge is 2.45. The molecule has 2 fully saturated rings. The molecule has 0 bridgehead atoms. The van der Waals surface area contributed by atoms with Crippen LogP contribution in [0.4, 0.5) is 0 Å². The van der Waals surface area contributed by atoms with Crippen LogP contribution < -0.4 is 0 Å². The summed E-state index contributed by atoms with van der Waals surface area (Å²) in [4.78, 5) is 0. The maximum atomic E-state index is 6.36. The molecule has 1 aliphatic carbocycles. The Morgan fingerprint density at radius 2 is 1.87 bits per heavy atom. The van der Waals surface area contributed by atoms with Gasteiger partial charge in [0.25, 0.3) is 0 Å². The van der Waals surface area contributed by atoms with E-state index in [9.17, 15) is 0 Å². The normalized spacial score (nSPS) is 41.6. The van der Waals surface area contributed by atoms with Gasteiger partial charge in [-0.05, 0) is 38.1 Å². The molecule has 2 rings (SSSR count). The molecule has 88 valence electrons. The Kier molecular flexibility index (Phi) is 3.02. The third kappa shape index (κ3) is 2.85. The van der Waals surface area contributed by atoms with Gasteiger partial charge in [-0.1, -0.05) is 32.5 Å². The van der Waals surface area contributed by atoms with Crippen LogP contribution in [-0.2, 0) is 4.74 Å². The minimum Gasteiger partial charge on any atom is -0.372 e. The largest absolute Gasteiger partial charge is 0.372 e. The van der Waals surface area contributed by atoms with Crippen molar-refractivity contribution in [3.63, 3.8) is 0 Å². The Hall–Kier alpha value is 0.177. The summed E-state index contributed by atoms with van der Waals surface area (Å²) in [5.74, 6) is 0.889. The molecule has 3 atom stereocenters. The van der Waals surface area contributed by atoms with Crippen molar-refractivity contribution in [1.82, 2.24) is 0 Å². The van der Waals surface area contributed by atoms with Gasteiger partial charge in [0.2, 0.25) is 0 Å². The summed E-state index contributed by atoms with van der Waals surface area (Å²) in [6.45, 7) is 9.75. The van der Waals surface area contributed by atoms with Crippen molar-refractivity contribution in [2.24, 2.45) is 5.92 Å². The minimum absolute atomic E-state index is 0.226. The summed E-state index contributed by atoms with van der Waals surface area (Å²) in [6, 6.07) is 1.34. The first-order valence-electron chi connectivity index (χ1n) is 6.56. The summed E-state index contributed by atoms with van der Waals surface area (Å²) in [5, 5.41) is 0. The molecule has 1 heterocycles. The molecule has 0 aromatic rings. The first kappa shape index (κ1) is 11.7. The highest BCUT2D eigenvalue weighted by atomic mass is 28.3. The molecule has 0 radical (unpaired) electrons. The van der Waals surface area contributed by atoms with E-state index in [1.165, 1.54) is 38.1 Å². The zero-order valence-corrected chi connectivity index (χ0v) is 11.8. The summed E-state index contributed by atoms with van der Waals surface area (Å²) in [6.07, 6.45) is 7.53. The molecular weight excluding hydrogens is 200 g/mol. The molecule has 0 unspecified atom stereocenters. The van der Waals surface area contributed by atoms with Gasteiger partial charge in [-0.15, -0.1) is 0 Å². The summed E-state index contributed by atoms with van der Waals surface area (Å²) in [7, 11) is -0.984. The molecule has 1 saturated heterocycles. The lowest BCUT2D eigenvalue weighted by Gasteiger charge is -2.31. The molecule has 0 spiro atoms. The van der Waals surface area contributed by atoms with E-state index in [2.05, 4.69) is 26.6 Å². The predicted octanol–water partition coefficient (Wildman–Crippen LogP) is 4.06. The van der Waals surface area contributed by atoms with Crippen molar-refractivity contribution in [2.75, 3.05) is 0 Å². The molecule has 0 aromatic heterocycles. The molecule has 1 saturated carbocycles. The Morgan fingerprint density at radius 1 is 1.20 bits per heavy atom. The fraction of sp³-hybridized carbons (Fsp3) is 1.00. The van der Waals surface area contributed by atoms with Crippen LogP contribution in [0, 0.1) is 5.92 Å². The van der Waals surface area contributed by atoms with Crippen molar-refractivity contribution in [1.29, 1.82) is 0 Å². The van der Waals surface area contributed by atoms with E-state index >= 15 is 0 Å². The number of ether oxygens (including phenoxy) is 1. The first-order valence-corrected chi connectivity index (χ1v) is 10.3. The van der Waals surface area contributed by atoms with Crippen LogP contribution in [0.1, 0.15) is 39.0 Å². The van der Waals surface area contributed by atoms with Gasteiger partial charge in [0.05, 0.1) is 11.7 Å². The van der Waals surface area contributed by atoms with Crippen LogP contribution in [-0.4, -0.2) is 19.8 Å². The van der Waals surface area contributed by atoms with Gasteiger partial charge in [-0.2, -0.15) is 0 Å². The van der Waals surface area contributed by atoms with Gasteiger partial charge in [0, 0.05) is 8.07 Å². The van der Waals surface area contributed by atoms with Gasteiger partial charge < -0.3 is 4.74 Å². The Bertz CT molecular complexity index is 217. The average Bonchev–Trinajstić information content (AvgIpc) is 2.35. The Morgan fingerprint density at radius 3 is 2.47 bits per heavy atom. The number of rotatable bonds is 2. The standard InChI is InChI=1S/C13H26OSi/c1-13(10-15(2,3)4)9-11-7-5-6-8-12(11)14-13/h11-12H,5-10H2,1-4H3/t11-,12+,13-/m0/s1. The fourth-order valence-corrected chi connectivity index (χ4v) is 6.24. The number of fused-ring (bicyclic) bond motifs is 1. The highest BCUT2D eigenvalue weighted by Crippen LogP contribution is 2.45. The van der Waals surface area contributed by atoms with Gasteiger partial charge in [-0.3, -0.25) is 0 Å². The summed E-state index contributed by atoms with van der Waals surface area (Å²) >= 11 is 0. The third-order valence-corrected chi connectivity index (χ3v) is 5.68. The number of hydrogen-bond donors (Lipinski definition) is 0. The van der Waals surface area contributed by atoms with Crippen molar-refractivity contribution >= 4 is 8.07 Å². The van der Waals surface area contributed by atoms with Gasteiger partial charge in [0.15, 0.2) is 0 Å². The molecule has 1 nitrogen and oxygen atoms in total. The summed E-state index contributed by atoms with van der Waals surface area (Å²) in [5.41, 5.74) is 0.226. The second-order valence-corrected chi connectivity index (χ2v) is 12.6.